The van der Waals surface area contributed by atoms with Gasteiger partial charge in [0.2, 0.25) is 0 Å². The molecule has 136 valence electrons. The van der Waals surface area contributed by atoms with Gasteiger partial charge in [0.05, 0.1) is 5.56 Å². The van der Waals surface area contributed by atoms with Crippen molar-refractivity contribution in [1.29, 1.82) is 0 Å². The number of aromatic amines is 1. The number of nitrogens with one attached hydrogen (secondary N) is 3. The third-order valence-corrected chi connectivity index (χ3v) is 4.60. The minimum Gasteiger partial charge on any atom is -0.352 e. The molecule has 0 bridgehead atoms. The predicted octanol–water partition coefficient (Wildman–Crippen LogP) is 1.85. The minimum atomic E-state index is -0.298. The zero-order chi connectivity index (χ0) is 18.8. The molecule has 0 spiro atoms. The summed E-state index contributed by atoms with van der Waals surface area (Å²) in [5.41, 5.74) is 2.64. The molecule has 27 heavy (non-hydrogen) atoms. The Balaban J connectivity index is 1.57. The topological polar surface area (TPSA) is 104 Å². The van der Waals surface area contributed by atoms with Crippen molar-refractivity contribution in [2.75, 3.05) is 13.1 Å². The van der Waals surface area contributed by atoms with Crippen molar-refractivity contribution in [3.8, 4) is 0 Å². The van der Waals surface area contributed by atoms with Gasteiger partial charge in [-0.2, -0.15) is 0 Å². The van der Waals surface area contributed by atoms with Crippen molar-refractivity contribution in [2.24, 2.45) is 0 Å². The van der Waals surface area contributed by atoms with Gasteiger partial charge in [0.1, 0.15) is 5.69 Å². The fraction of sp³-hybridized carbons (Fsp3) is 0.200. The molecule has 4 rings (SSSR count). The molecule has 7 heteroatoms. The maximum atomic E-state index is 12.5. The maximum Gasteiger partial charge on any atom is 0.268 e. The van der Waals surface area contributed by atoms with Crippen molar-refractivity contribution in [2.45, 2.75) is 12.8 Å². The van der Waals surface area contributed by atoms with Crippen molar-refractivity contribution < 1.29 is 14.4 Å². The second-order valence-corrected chi connectivity index (χ2v) is 6.39. The molecule has 2 amide bonds. The van der Waals surface area contributed by atoms with E-state index < -0.39 is 0 Å². The van der Waals surface area contributed by atoms with Crippen molar-refractivity contribution in [1.82, 2.24) is 20.6 Å². The minimum absolute atomic E-state index is 0.109. The highest BCUT2D eigenvalue weighted by molar-refractivity contribution is 6.18. The molecule has 0 fully saturated rings. The first kappa shape index (κ1) is 17.0. The summed E-state index contributed by atoms with van der Waals surface area (Å²) >= 11 is 0. The van der Waals surface area contributed by atoms with Crippen molar-refractivity contribution in [3.05, 3.63) is 65.1 Å². The SMILES string of the molecule is O=C(NCCc1ccccn1)c1ccc2[nH]c3c(c2c1)C(=O)CCNC3=O. The lowest BCUT2D eigenvalue weighted by molar-refractivity contribution is 0.0944. The standard InChI is InChI=1S/C20H18N4O3/c25-16-7-10-23-20(27)18-17(16)14-11-12(4-5-15(14)24-18)19(26)22-9-6-13-3-1-2-8-21-13/h1-5,8,11,24H,6-7,9-10H2,(H,22,26)(H,23,27). The number of aromatic nitrogens is 2. The number of carbonyl (C=O) groups is 3. The molecule has 0 unspecified atom stereocenters. The molecule has 3 N–H and O–H groups in total. The number of nitrogens with zero attached hydrogens (tertiary/aromatic N) is 1. The summed E-state index contributed by atoms with van der Waals surface area (Å²) in [7, 11) is 0. The number of benzene rings is 1. The zero-order valence-electron chi connectivity index (χ0n) is 14.5. The second-order valence-electron chi connectivity index (χ2n) is 6.39. The first-order chi connectivity index (χ1) is 13.1. The van der Waals surface area contributed by atoms with Crippen LogP contribution in [0.15, 0.2) is 42.6 Å². The van der Waals surface area contributed by atoms with Crippen LogP contribution in [0.25, 0.3) is 10.9 Å². The van der Waals surface area contributed by atoms with Crippen LogP contribution in [0.1, 0.15) is 43.3 Å². The highest BCUT2D eigenvalue weighted by Gasteiger charge is 2.26. The molecule has 3 aromatic rings. The molecule has 0 saturated heterocycles. The third kappa shape index (κ3) is 3.31. The lowest BCUT2D eigenvalue weighted by atomic mass is 10.0. The summed E-state index contributed by atoms with van der Waals surface area (Å²) in [6.45, 7) is 0.774. The second kappa shape index (κ2) is 7.03. The van der Waals surface area contributed by atoms with Gasteiger partial charge in [-0.3, -0.25) is 19.4 Å². The number of hydrogen-bond donors (Lipinski definition) is 3. The smallest absolute Gasteiger partial charge is 0.268 e. The average molecular weight is 362 g/mol. The molecule has 0 atom stereocenters. The Morgan fingerprint density at radius 1 is 1.19 bits per heavy atom. The molecule has 1 aliphatic rings. The number of hydrogen-bond acceptors (Lipinski definition) is 4. The summed E-state index contributed by atoms with van der Waals surface area (Å²) in [6.07, 6.45) is 2.59. The average Bonchev–Trinajstić information content (AvgIpc) is 3.01. The van der Waals surface area contributed by atoms with Gasteiger partial charge in [-0.05, 0) is 30.3 Å². The molecule has 0 saturated carbocycles. The summed E-state index contributed by atoms with van der Waals surface area (Å²) in [6, 6.07) is 10.7. The first-order valence-corrected chi connectivity index (χ1v) is 8.79. The Bertz CT molecular complexity index is 1040. The molecule has 2 aromatic heterocycles. The molecule has 7 nitrogen and oxygen atoms in total. The molecule has 0 aliphatic carbocycles. The summed E-state index contributed by atoms with van der Waals surface area (Å²) < 4.78 is 0. The number of ketones is 1. The van der Waals surface area contributed by atoms with E-state index in [1.807, 2.05) is 18.2 Å². The van der Waals surface area contributed by atoms with E-state index in [0.717, 1.165) is 5.69 Å². The molecular formula is C20H18N4O3. The van der Waals surface area contributed by atoms with Gasteiger partial charge in [-0.15, -0.1) is 0 Å². The van der Waals surface area contributed by atoms with E-state index in [-0.39, 0.29) is 29.7 Å². The van der Waals surface area contributed by atoms with Gasteiger partial charge in [-0.25, -0.2) is 0 Å². The Morgan fingerprint density at radius 3 is 2.89 bits per heavy atom. The summed E-state index contributed by atoms with van der Waals surface area (Å²) in [4.78, 5) is 44.2. The van der Waals surface area contributed by atoms with E-state index in [9.17, 15) is 14.4 Å². The van der Waals surface area contributed by atoms with Gasteiger partial charge >= 0.3 is 0 Å². The Hall–Kier alpha value is -3.48. The van der Waals surface area contributed by atoms with E-state index in [4.69, 9.17) is 0 Å². The van der Waals surface area contributed by atoms with Crippen LogP contribution in [-0.2, 0) is 6.42 Å². The van der Waals surface area contributed by atoms with E-state index in [0.29, 0.717) is 41.5 Å². The molecule has 1 aliphatic heterocycles. The summed E-state index contributed by atoms with van der Waals surface area (Å²) in [5.74, 6) is -0.635. The first-order valence-electron chi connectivity index (χ1n) is 8.79. The van der Waals surface area contributed by atoms with Crippen LogP contribution in [0.3, 0.4) is 0 Å². The molecular weight excluding hydrogens is 344 g/mol. The van der Waals surface area contributed by atoms with Gasteiger partial charge in [0.25, 0.3) is 11.8 Å². The fourth-order valence-electron chi connectivity index (χ4n) is 3.25. The highest BCUT2D eigenvalue weighted by atomic mass is 16.2. The number of carbonyl (C=O) groups excluding carboxylic acids is 3. The predicted molar refractivity (Wildman–Crippen MR) is 99.9 cm³/mol. The summed E-state index contributed by atoms with van der Waals surface area (Å²) in [5, 5.41) is 6.16. The van der Waals surface area contributed by atoms with Gasteiger partial charge in [0, 0.05) is 54.3 Å². The number of amides is 2. The molecule has 3 heterocycles. The van der Waals surface area contributed by atoms with Crippen LogP contribution >= 0.6 is 0 Å². The number of pyridine rings is 1. The number of fused-ring (bicyclic) bond motifs is 3. The van der Waals surface area contributed by atoms with Crippen LogP contribution in [0.5, 0.6) is 0 Å². The van der Waals surface area contributed by atoms with Crippen LogP contribution in [0.4, 0.5) is 0 Å². The van der Waals surface area contributed by atoms with Crippen LogP contribution in [0, 0.1) is 0 Å². The highest BCUT2D eigenvalue weighted by Crippen LogP contribution is 2.26. The molecule has 1 aromatic carbocycles. The fourth-order valence-corrected chi connectivity index (χ4v) is 3.25. The van der Waals surface area contributed by atoms with E-state index in [1.165, 1.54) is 0 Å². The van der Waals surface area contributed by atoms with E-state index >= 15 is 0 Å². The van der Waals surface area contributed by atoms with Gasteiger partial charge in [-0.1, -0.05) is 6.07 Å². The molecule has 0 radical (unpaired) electrons. The third-order valence-electron chi connectivity index (χ3n) is 4.60. The quantitative estimate of drug-likeness (QED) is 0.659. The lowest BCUT2D eigenvalue weighted by Crippen LogP contribution is -2.25. The Kier molecular flexibility index (Phi) is 4.42. The normalized spacial score (nSPS) is 13.8. The van der Waals surface area contributed by atoms with E-state index in [1.54, 1.807) is 24.4 Å². The largest absolute Gasteiger partial charge is 0.352 e. The number of rotatable bonds is 4. The Morgan fingerprint density at radius 2 is 2.07 bits per heavy atom. The zero-order valence-corrected chi connectivity index (χ0v) is 14.5. The van der Waals surface area contributed by atoms with E-state index in [2.05, 4.69) is 20.6 Å². The van der Waals surface area contributed by atoms with Gasteiger partial charge < -0.3 is 15.6 Å². The monoisotopic (exact) mass is 362 g/mol. The Labute approximate surface area is 155 Å². The van der Waals surface area contributed by atoms with Crippen LogP contribution in [0.2, 0.25) is 0 Å². The number of Topliss-reactive ketones (excluding diaryl/α,β-unsaturated/α-hetero) is 1. The van der Waals surface area contributed by atoms with Crippen molar-refractivity contribution >= 4 is 28.5 Å². The lowest BCUT2D eigenvalue weighted by Gasteiger charge is -2.06. The van der Waals surface area contributed by atoms with Gasteiger partial charge in [0.15, 0.2) is 5.78 Å². The number of H-pyrrole nitrogens is 1. The maximum absolute atomic E-state index is 12.5. The van der Waals surface area contributed by atoms with Crippen LogP contribution in [-0.4, -0.2) is 40.7 Å². The van der Waals surface area contributed by atoms with Crippen molar-refractivity contribution in [3.63, 3.8) is 0 Å². The van der Waals surface area contributed by atoms with Crippen LogP contribution < -0.4 is 10.6 Å².